The van der Waals surface area contributed by atoms with Crippen LogP contribution in [-0.4, -0.2) is 18.5 Å². The van der Waals surface area contributed by atoms with Gasteiger partial charge in [0, 0.05) is 17.6 Å². The molecule has 3 aromatic heterocycles. The van der Waals surface area contributed by atoms with Crippen molar-refractivity contribution in [2.75, 3.05) is 0 Å². The Bertz CT molecular complexity index is 859. The summed E-state index contributed by atoms with van der Waals surface area (Å²) in [6.45, 7) is 0. The van der Waals surface area contributed by atoms with Crippen LogP contribution in [0.4, 0.5) is 3.89 Å². The van der Waals surface area contributed by atoms with Crippen LogP contribution in [-0.2, 0) is 0 Å². The number of hydrogen-bond donors (Lipinski definition) is 1. The molecule has 1 fully saturated rings. The first-order valence-electron chi connectivity index (χ1n) is 7.19. The number of nitrogens with one attached hydrogen (secondary N) is 1. The van der Waals surface area contributed by atoms with Crippen LogP contribution in [0.1, 0.15) is 38.1 Å². The third-order valence-corrected chi connectivity index (χ3v) is 4.81. The van der Waals surface area contributed by atoms with Crippen molar-refractivity contribution in [3.8, 4) is 0 Å². The number of nitrogens with zero attached hydrogens (tertiary/aromatic N) is 3. The minimum atomic E-state index is -0.0909. The van der Waals surface area contributed by atoms with Crippen molar-refractivity contribution in [3.05, 3.63) is 28.9 Å². The molecule has 0 unspecified atom stereocenters. The smallest absolute Gasteiger partial charge is 0.304 e. The molecule has 0 atom stereocenters. The number of aromatic amines is 1. The van der Waals surface area contributed by atoms with E-state index in [4.69, 9.17) is 0 Å². The van der Waals surface area contributed by atoms with Crippen molar-refractivity contribution in [1.29, 1.82) is 0 Å². The average molecular weight is 306 g/mol. The van der Waals surface area contributed by atoms with Crippen LogP contribution in [0.2, 0.25) is 0 Å². The van der Waals surface area contributed by atoms with Gasteiger partial charge in [-0.05, 0) is 18.9 Å². The van der Waals surface area contributed by atoms with E-state index in [9.17, 15) is 8.68 Å². The molecule has 0 amide bonds. The third kappa shape index (κ3) is 1.91. The van der Waals surface area contributed by atoms with Gasteiger partial charge in [-0.1, -0.05) is 19.3 Å². The Balaban J connectivity index is 2.02. The molecule has 21 heavy (non-hydrogen) atoms. The van der Waals surface area contributed by atoms with E-state index >= 15 is 0 Å². The molecule has 3 aromatic rings. The number of H-pyrrole nitrogens is 1. The zero-order chi connectivity index (χ0) is 14.4. The lowest BCUT2D eigenvalue weighted by atomic mass is 9.95. The highest BCUT2D eigenvalue weighted by atomic mass is 32.2. The molecular weight excluding hydrogens is 291 g/mol. The number of halogens is 1. The van der Waals surface area contributed by atoms with Crippen LogP contribution < -0.4 is 5.69 Å². The molecule has 0 aliphatic heterocycles. The maximum atomic E-state index is 12.9. The van der Waals surface area contributed by atoms with E-state index in [1.165, 1.54) is 10.4 Å². The van der Waals surface area contributed by atoms with Gasteiger partial charge in [0.25, 0.3) is 0 Å². The second-order valence-corrected chi connectivity index (χ2v) is 6.09. The van der Waals surface area contributed by atoms with Gasteiger partial charge in [-0.25, -0.2) is 13.8 Å². The van der Waals surface area contributed by atoms with Gasteiger partial charge >= 0.3 is 5.69 Å². The standard InChI is InChI=1S/C14H15FN4OS/c15-21-18-7-6-10-12-11(8-16-13(10)18)17-14(20)19(12)9-4-2-1-3-5-9/h6-9H,1-5H2,(H,17,20). The van der Waals surface area contributed by atoms with Gasteiger partial charge in [0.15, 0.2) is 18.0 Å². The fraction of sp³-hybridized carbons (Fsp3) is 0.429. The Morgan fingerprint density at radius 3 is 2.90 bits per heavy atom. The highest BCUT2D eigenvalue weighted by molar-refractivity contribution is 7.92. The number of rotatable bonds is 2. The van der Waals surface area contributed by atoms with Crippen LogP contribution in [0.15, 0.2) is 23.3 Å². The molecule has 7 heteroatoms. The fourth-order valence-electron chi connectivity index (χ4n) is 3.42. The van der Waals surface area contributed by atoms with Crippen molar-refractivity contribution in [3.63, 3.8) is 0 Å². The van der Waals surface area contributed by atoms with E-state index < -0.39 is 0 Å². The maximum absolute atomic E-state index is 12.9. The normalized spacial score (nSPS) is 17.0. The number of hydrogen-bond acceptors (Lipinski definition) is 3. The lowest BCUT2D eigenvalue weighted by Gasteiger charge is -2.23. The first-order chi connectivity index (χ1) is 10.3. The molecule has 0 saturated heterocycles. The Hall–Kier alpha value is -1.76. The van der Waals surface area contributed by atoms with Gasteiger partial charge in [0.1, 0.15) is 0 Å². The zero-order valence-electron chi connectivity index (χ0n) is 11.4. The maximum Gasteiger partial charge on any atom is 0.326 e. The monoisotopic (exact) mass is 306 g/mol. The summed E-state index contributed by atoms with van der Waals surface area (Å²) in [5.74, 6) is 0. The van der Waals surface area contributed by atoms with E-state index in [1.807, 2.05) is 10.6 Å². The minimum Gasteiger partial charge on any atom is -0.304 e. The third-order valence-electron chi connectivity index (χ3n) is 4.37. The summed E-state index contributed by atoms with van der Waals surface area (Å²) < 4.78 is 16.1. The van der Waals surface area contributed by atoms with Crippen molar-refractivity contribution < 1.29 is 3.89 Å². The van der Waals surface area contributed by atoms with Crippen LogP contribution >= 0.6 is 12.3 Å². The zero-order valence-corrected chi connectivity index (χ0v) is 12.2. The van der Waals surface area contributed by atoms with Gasteiger partial charge in [-0.2, -0.15) is 0 Å². The van der Waals surface area contributed by atoms with E-state index in [0.29, 0.717) is 5.65 Å². The van der Waals surface area contributed by atoms with E-state index in [0.717, 1.165) is 42.1 Å². The molecule has 3 heterocycles. The molecular formula is C14H15FN4OS. The van der Waals surface area contributed by atoms with Crippen LogP contribution in [0.5, 0.6) is 0 Å². The molecule has 1 aliphatic rings. The topological polar surface area (TPSA) is 55.6 Å². The summed E-state index contributed by atoms with van der Waals surface area (Å²) in [4.78, 5) is 19.5. The van der Waals surface area contributed by atoms with Crippen molar-refractivity contribution in [2.45, 2.75) is 38.1 Å². The molecule has 1 saturated carbocycles. The molecule has 1 N–H and O–H groups in total. The predicted molar refractivity (Wildman–Crippen MR) is 82.1 cm³/mol. The molecule has 5 nitrogen and oxygen atoms in total. The average Bonchev–Trinajstić information content (AvgIpc) is 3.07. The summed E-state index contributed by atoms with van der Waals surface area (Å²) >= 11 is 0.118. The lowest BCUT2D eigenvalue weighted by Crippen LogP contribution is -2.24. The molecule has 0 radical (unpaired) electrons. The van der Waals surface area contributed by atoms with Crippen LogP contribution in [0.3, 0.4) is 0 Å². The van der Waals surface area contributed by atoms with Gasteiger partial charge in [-0.15, -0.1) is 3.89 Å². The number of aromatic nitrogens is 4. The van der Waals surface area contributed by atoms with E-state index in [1.54, 1.807) is 12.4 Å². The number of pyridine rings is 1. The quantitative estimate of drug-likeness (QED) is 0.787. The van der Waals surface area contributed by atoms with Crippen LogP contribution in [0, 0.1) is 0 Å². The Morgan fingerprint density at radius 2 is 2.14 bits per heavy atom. The Kier molecular flexibility index (Phi) is 3.02. The fourth-order valence-corrected chi connectivity index (χ4v) is 3.74. The van der Waals surface area contributed by atoms with Gasteiger partial charge in [0.2, 0.25) is 0 Å². The minimum absolute atomic E-state index is 0.0909. The summed E-state index contributed by atoms with van der Waals surface area (Å²) in [7, 11) is 0. The van der Waals surface area contributed by atoms with Gasteiger partial charge < -0.3 is 4.98 Å². The Morgan fingerprint density at radius 1 is 1.33 bits per heavy atom. The lowest BCUT2D eigenvalue weighted by molar-refractivity contribution is 0.354. The number of fused-ring (bicyclic) bond motifs is 3. The largest absolute Gasteiger partial charge is 0.326 e. The highest BCUT2D eigenvalue weighted by Crippen LogP contribution is 2.32. The number of imidazole rings is 1. The van der Waals surface area contributed by atoms with E-state index in [-0.39, 0.29) is 24.1 Å². The molecule has 4 rings (SSSR count). The molecule has 1 aliphatic carbocycles. The summed E-state index contributed by atoms with van der Waals surface area (Å²) in [6, 6.07) is 2.05. The van der Waals surface area contributed by atoms with Crippen molar-refractivity contribution >= 4 is 34.4 Å². The molecule has 110 valence electrons. The van der Waals surface area contributed by atoms with Crippen molar-refractivity contribution in [2.24, 2.45) is 0 Å². The second-order valence-electron chi connectivity index (χ2n) is 5.56. The summed E-state index contributed by atoms with van der Waals surface area (Å²) in [6.07, 6.45) is 8.85. The molecule has 0 aromatic carbocycles. The second kappa shape index (κ2) is 4.91. The predicted octanol–water partition coefficient (Wildman–Crippen LogP) is 3.57. The molecule has 0 bridgehead atoms. The Labute approximate surface area is 124 Å². The summed E-state index contributed by atoms with van der Waals surface area (Å²) in [5.41, 5.74) is 2.04. The van der Waals surface area contributed by atoms with Gasteiger partial charge in [0.05, 0.1) is 17.2 Å². The first kappa shape index (κ1) is 12.9. The summed E-state index contributed by atoms with van der Waals surface area (Å²) in [5, 5.41) is 0.821. The van der Waals surface area contributed by atoms with E-state index in [2.05, 4.69) is 9.97 Å². The van der Waals surface area contributed by atoms with Crippen LogP contribution in [0.25, 0.3) is 22.1 Å². The van der Waals surface area contributed by atoms with Crippen molar-refractivity contribution in [1.82, 2.24) is 18.5 Å². The van der Waals surface area contributed by atoms with Gasteiger partial charge in [-0.3, -0.25) is 4.57 Å². The highest BCUT2D eigenvalue weighted by Gasteiger charge is 2.22. The molecule has 0 spiro atoms. The first-order valence-corrected chi connectivity index (χ1v) is 7.86. The SMILES string of the molecule is O=c1[nH]c2cnc3c(ccn3SF)c2n1C1CCCCC1.